The van der Waals surface area contributed by atoms with Crippen LogP contribution in [-0.2, 0) is 4.74 Å². The van der Waals surface area contributed by atoms with Gasteiger partial charge in [0.15, 0.2) is 0 Å². The summed E-state index contributed by atoms with van der Waals surface area (Å²) in [6, 6.07) is 0.688. The molecule has 3 heteroatoms. The maximum absolute atomic E-state index is 5.51. The van der Waals surface area contributed by atoms with Gasteiger partial charge < -0.3 is 10.1 Å². The van der Waals surface area contributed by atoms with Gasteiger partial charge in [0, 0.05) is 17.9 Å². The van der Waals surface area contributed by atoms with Crippen LogP contribution in [0, 0.1) is 0 Å². The van der Waals surface area contributed by atoms with Gasteiger partial charge >= 0.3 is 0 Å². The lowest BCUT2D eigenvalue weighted by atomic mass is 10.0. The second-order valence-corrected chi connectivity index (χ2v) is 5.47. The quantitative estimate of drug-likeness (QED) is 0.763. The Morgan fingerprint density at radius 2 is 2.36 bits per heavy atom. The highest BCUT2D eigenvalue weighted by molar-refractivity contribution is 7.99. The molecular formula is C11H23NOS. The van der Waals surface area contributed by atoms with Crippen molar-refractivity contribution >= 4 is 11.8 Å². The van der Waals surface area contributed by atoms with E-state index in [-0.39, 0.29) is 0 Å². The monoisotopic (exact) mass is 217 g/mol. The van der Waals surface area contributed by atoms with Crippen molar-refractivity contribution in [2.75, 3.05) is 19.4 Å². The van der Waals surface area contributed by atoms with Crippen LogP contribution in [0.2, 0.25) is 0 Å². The topological polar surface area (TPSA) is 21.3 Å². The maximum Gasteiger partial charge on any atom is 0.0561 e. The Labute approximate surface area is 92.2 Å². The lowest BCUT2D eigenvalue weighted by Gasteiger charge is -2.28. The lowest BCUT2D eigenvalue weighted by molar-refractivity contribution is 0.0134. The molecule has 1 aliphatic heterocycles. The average molecular weight is 217 g/mol. The minimum absolute atomic E-state index is 0.444. The third-order valence-corrected chi connectivity index (χ3v) is 3.91. The highest BCUT2D eigenvalue weighted by Crippen LogP contribution is 2.14. The molecule has 1 heterocycles. The van der Waals surface area contributed by atoms with Gasteiger partial charge in [-0.15, -0.1) is 0 Å². The van der Waals surface area contributed by atoms with E-state index in [2.05, 4.69) is 25.4 Å². The molecule has 1 N–H and O–H groups in total. The maximum atomic E-state index is 5.51. The smallest absolute Gasteiger partial charge is 0.0561 e. The standard InChI is InChI=1S/C11H23NOS/c1-9-8-11(5-7-13-9)12-6-4-10(2)14-3/h9-12H,4-8H2,1-3H3. The first-order valence-electron chi connectivity index (χ1n) is 5.60. The molecule has 0 aromatic carbocycles. The molecule has 84 valence electrons. The Balaban J connectivity index is 2.05. The number of ether oxygens (including phenoxy) is 1. The van der Waals surface area contributed by atoms with Crippen molar-refractivity contribution in [1.82, 2.24) is 5.32 Å². The van der Waals surface area contributed by atoms with Crippen LogP contribution in [0.4, 0.5) is 0 Å². The summed E-state index contributed by atoms with van der Waals surface area (Å²) in [5, 5.41) is 4.40. The molecule has 14 heavy (non-hydrogen) atoms. The first-order valence-corrected chi connectivity index (χ1v) is 6.89. The van der Waals surface area contributed by atoms with E-state index < -0.39 is 0 Å². The van der Waals surface area contributed by atoms with Gasteiger partial charge in [0.25, 0.3) is 0 Å². The Kier molecular flexibility index (Phi) is 5.90. The molecule has 0 bridgehead atoms. The molecule has 2 nitrogen and oxygen atoms in total. The van der Waals surface area contributed by atoms with Crippen molar-refractivity contribution < 1.29 is 4.74 Å². The largest absolute Gasteiger partial charge is 0.378 e. The van der Waals surface area contributed by atoms with E-state index in [9.17, 15) is 0 Å². The Morgan fingerprint density at radius 3 is 3.00 bits per heavy atom. The molecule has 0 aromatic rings. The summed E-state index contributed by atoms with van der Waals surface area (Å²) in [7, 11) is 0. The lowest BCUT2D eigenvalue weighted by Crippen LogP contribution is -2.38. The Hall–Kier alpha value is 0.270. The Morgan fingerprint density at radius 1 is 1.57 bits per heavy atom. The van der Waals surface area contributed by atoms with Gasteiger partial charge in [0.2, 0.25) is 0 Å². The highest BCUT2D eigenvalue weighted by Gasteiger charge is 2.18. The molecule has 3 unspecified atom stereocenters. The van der Waals surface area contributed by atoms with Crippen molar-refractivity contribution in [2.45, 2.75) is 50.5 Å². The Bertz CT molecular complexity index is 154. The molecule has 0 spiro atoms. The fourth-order valence-corrected chi connectivity index (χ4v) is 2.15. The van der Waals surface area contributed by atoms with Crippen LogP contribution in [-0.4, -0.2) is 36.8 Å². The van der Waals surface area contributed by atoms with Gasteiger partial charge in [0.1, 0.15) is 0 Å². The normalized spacial score (nSPS) is 30.2. The summed E-state index contributed by atoms with van der Waals surface area (Å²) in [6.45, 7) is 6.54. The molecule has 1 fully saturated rings. The number of nitrogens with one attached hydrogen (secondary N) is 1. The predicted octanol–water partition coefficient (Wildman–Crippen LogP) is 2.29. The third kappa shape index (κ3) is 4.67. The van der Waals surface area contributed by atoms with Crippen LogP contribution in [0.25, 0.3) is 0 Å². The highest BCUT2D eigenvalue weighted by atomic mass is 32.2. The minimum Gasteiger partial charge on any atom is -0.378 e. The molecular weight excluding hydrogens is 194 g/mol. The summed E-state index contributed by atoms with van der Waals surface area (Å²) in [5.74, 6) is 0. The molecule has 0 aromatic heterocycles. The van der Waals surface area contributed by atoms with Gasteiger partial charge in [-0.3, -0.25) is 0 Å². The van der Waals surface area contributed by atoms with Crippen molar-refractivity contribution in [1.29, 1.82) is 0 Å². The van der Waals surface area contributed by atoms with Crippen LogP contribution in [0.5, 0.6) is 0 Å². The summed E-state index contributed by atoms with van der Waals surface area (Å²) in [6.07, 6.45) is 6.25. The predicted molar refractivity (Wildman–Crippen MR) is 64.0 cm³/mol. The second kappa shape index (κ2) is 6.70. The van der Waals surface area contributed by atoms with Crippen LogP contribution >= 0.6 is 11.8 Å². The number of rotatable bonds is 5. The minimum atomic E-state index is 0.444. The van der Waals surface area contributed by atoms with E-state index in [1.165, 1.54) is 19.3 Å². The first kappa shape index (κ1) is 12.3. The zero-order chi connectivity index (χ0) is 10.4. The summed E-state index contributed by atoms with van der Waals surface area (Å²) < 4.78 is 5.51. The summed E-state index contributed by atoms with van der Waals surface area (Å²) in [5.41, 5.74) is 0. The molecule has 0 amide bonds. The van der Waals surface area contributed by atoms with Crippen LogP contribution in [0.1, 0.15) is 33.1 Å². The number of hydrogen-bond donors (Lipinski definition) is 1. The third-order valence-electron chi connectivity index (χ3n) is 2.87. The number of thioether (sulfide) groups is 1. The average Bonchev–Trinajstić information content (AvgIpc) is 2.17. The van der Waals surface area contributed by atoms with Gasteiger partial charge in [-0.05, 0) is 39.0 Å². The molecule has 1 saturated heterocycles. The zero-order valence-corrected chi connectivity index (χ0v) is 10.4. The van der Waals surface area contributed by atoms with E-state index in [0.717, 1.165) is 18.4 Å². The van der Waals surface area contributed by atoms with Crippen molar-refractivity contribution in [3.8, 4) is 0 Å². The number of hydrogen-bond acceptors (Lipinski definition) is 3. The first-order chi connectivity index (χ1) is 6.72. The molecule has 0 saturated carbocycles. The summed E-state index contributed by atoms with van der Waals surface area (Å²) in [4.78, 5) is 0. The van der Waals surface area contributed by atoms with E-state index in [0.29, 0.717) is 12.1 Å². The fraction of sp³-hybridized carbons (Fsp3) is 1.00. The molecule has 0 aliphatic carbocycles. The van der Waals surface area contributed by atoms with Crippen molar-refractivity contribution in [3.63, 3.8) is 0 Å². The molecule has 0 radical (unpaired) electrons. The molecule has 3 atom stereocenters. The van der Waals surface area contributed by atoms with E-state index >= 15 is 0 Å². The fourth-order valence-electron chi connectivity index (χ4n) is 1.79. The molecule has 1 rings (SSSR count). The van der Waals surface area contributed by atoms with Crippen LogP contribution < -0.4 is 5.32 Å². The molecule has 1 aliphatic rings. The van der Waals surface area contributed by atoms with Crippen LogP contribution in [0.3, 0.4) is 0 Å². The van der Waals surface area contributed by atoms with Gasteiger partial charge in [0.05, 0.1) is 6.10 Å². The van der Waals surface area contributed by atoms with Crippen molar-refractivity contribution in [2.24, 2.45) is 0 Å². The van der Waals surface area contributed by atoms with Gasteiger partial charge in [-0.2, -0.15) is 11.8 Å². The van der Waals surface area contributed by atoms with E-state index in [4.69, 9.17) is 4.74 Å². The van der Waals surface area contributed by atoms with Crippen molar-refractivity contribution in [3.05, 3.63) is 0 Å². The van der Waals surface area contributed by atoms with Gasteiger partial charge in [-0.1, -0.05) is 6.92 Å². The van der Waals surface area contributed by atoms with Crippen LogP contribution in [0.15, 0.2) is 0 Å². The van der Waals surface area contributed by atoms with E-state index in [1.807, 2.05) is 11.8 Å². The van der Waals surface area contributed by atoms with Gasteiger partial charge in [-0.25, -0.2) is 0 Å². The second-order valence-electron chi connectivity index (χ2n) is 4.19. The SMILES string of the molecule is CSC(C)CCNC1CCOC(C)C1. The summed E-state index contributed by atoms with van der Waals surface area (Å²) >= 11 is 1.95. The van der Waals surface area contributed by atoms with E-state index in [1.54, 1.807) is 0 Å². The zero-order valence-electron chi connectivity index (χ0n) is 9.58.